The highest BCUT2D eigenvalue weighted by atomic mass is 32.2. The molecular weight excluding hydrogens is 294 g/mol. The number of hydrogen-bond acceptors (Lipinski definition) is 3. The molecule has 3 nitrogen and oxygen atoms in total. The van der Waals surface area contributed by atoms with Gasteiger partial charge in [0.2, 0.25) is 5.91 Å². The molecule has 1 amide bonds. The highest BCUT2D eigenvalue weighted by molar-refractivity contribution is 7.99. The van der Waals surface area contributed by atoms with Gasteiger partial charge in [-0.05, 0) is 30.2 Å². The summed E-state index contributed by atoms with van der Waals surface area (Å²) in [6, 6.07) is 13.8. The smallest absolute Gasteiger partial charge is 0.246 e. The molecule has 1 atom stereocenters. The second kappa shape index (κ2) is 7.36. The van der Waals surface area contributed by atoms with Crippen LogP contribution in [-0.4, -0.2) is 29.6 Å². The lowest BCUT2D eigenvalue weighted by atomic mass is 10.2. The molecule has 0 spiro atoms. The highest BCUT2D eigenvalue weighted by Gasteiger charge is 2.22. The van der Waals surface area contributed by atoms with E-state index in [9.17, 15) is 4.79 Å². The van der Waals surface area contributed by atoms with Gasteiger partial charge in [-0.15, -0.1) is 11.8 Å². The van der Waals surface area contributed by atoms with Gasteiger partial charge in [-0.2, -0.15) is 0 Å². The Balaban J connectivity index is 1.58. The van der Waals surface area contributed by atoms with Crippen molar-refractivity contribution in [1.29, 1.82) is 0 Å². The molecule has 1 saturated heterocycles. The second-order valence-corrected chi connectivity index (χ2v) is 6.54. The van der Waals surface area contributed by atoms with Crippen molar-refractivity contribution in [2.75, 3.05) is 18.8 Å². The average Bonchev–Trinajstić information content (AvgIpc) is 2.98. The summed E-state index contributed by atoms with van der Waals surface area (Å²) in [5.41, 5.74) is 1.05. The Morgan fingerprint density at radius 1 is 1.18 bits per heavy atom. The third-order valence-corrected chi connectivity index (χ3v) is 5.02. The lowest BCUT2D eigenvalue weighted by Gasteiger charge is -2.18. The van der Waals surface area contributed by atoms with Gasteiger partial charge in [-0.1, -0.05) is 30.3 Å². The van der Waals surface area contributed by atoms with E-state index in [0.717, 1.165) is 36.6 Å². The van der Waals surface area contributed by atoms with E-state index in [4.69, 9.17) is 4.42 Å². The first-order valence-electron chi connectivity index (χ1n) is 7.50. The van der Waals surface area contributed by atoms with Gasteiger partial charge in [0.25, 0.3) is 0 Å². The normalized spacial score (nSPS) is 19.3. The highest BCUT2D eigenvalue weighted by Crippen LogP contribution is 2.34. The molecule has 0 aliphatic carbocycles. The fourth-order valence-corrected chi connectivity index (χ4v) is 3.71. The fraction of sp³-hybridized carbons (Fsp3) is 0.278. The van der Waals surface area contributed by atoms with Gasteiger partial charge in [-0.25, -0.2) is 0 Å². The topological polar surface area (TPSA) is 33.5 Å². The van der Waals surface area contributed by atoms with Crippen molar-refractivity contribution in [2.24, 2.45) is 0 Å². The lowest BCUT2D eigenvalue weighted by molar-refractivity contribution is -0.125. The molecule has 1 aromatic carbocycles. The number of furan rings is 1. The monoisotopic (exact) mass is 313 g/mol. The van der Waals surface area contributed by atoms with Crippen molar-refractivity contribution in [3.05, 3.63) is 66.1 Å². The van der Waals surface area contributed by atoms with E-state index in [-0.39, 0.29) is 5.91 Å². The molecule has 0 bridgehead atoms. The molecule has 114 valence electrons. The Morgan fingerprint density at radius 3 is 2.82 bits per heavy atom. The fourth-order valence-electron chi connectivity index (χ4n) is 2.53. The molecular formula is C18H19NO2S. The number of rotatable bonds is 3. The zero-order valence-corrected chi connectivity index (χ0v) is 13.2. The van der Waals surface area contributed by atoms with Crippen molar-refractivity contribution >= 4 is 23.7 Å². The third-order valence-electron chi connectivity index (χ3n) is 3.73. The number of carbonyl (C=O) groups is 1. The number of nitrogens with zero attached hydrogens (tertiary/aromatic N) is 1. The largest absolute Gasteiger partial charge is 0.468 e. The van der Waals surface area contributed by atoms with Crippen LogP contribution in [0.4, 0.5) is 0 Å². The minimum Gasteiger partial charge on any atom is -0.468 e. The van der Waals surface area contributed by atoms with Crippen molar-refractivity contribution in [2.45, 2.75) is 11.7 Å². The van der Waals surface area contributed by atoms with Crippen molar-refractivity contribution in [3.8, 4) is 0 Å². The first-order chi connectivity index (χ1) is 10.8. The van der Waals surface area contributed by atoms with E-state index in [2.05, 4.69) is 0 Å². The Morgan fingerprint density at radius 2 is 2.05 bits per heavy atom. The Bertz CT molecular complexity index is 622. The Labute approximate surface area is 135 Å². The first-order valence-corrected chi connectivity index (χ1v) is 8.55. The van der Waals surface area contributed by atoms with E-state index < -0.39 is 0 Å². The summed E-state index contributed by atoms with van der Waals surface area (Å²) >= 11 is 1.87. The summed E-state index contributed by atoms with van der Waals surface area (Å²) in [6.45, 7) is 1.57. The lowest BCUT2D eigenvalue weighted by Crippen LogP contribution is -2.31. The zero-order valence-electron chi connectivity index (χ0n) is 12.4. The predicted octanol–water partition coefficient (Wildman–Crippen LogP) is 4.00. The first kappa shape index (κ1) is 15.0. The number of amides is 1. The van der Waals surface area contributed by atoms with Gasteiger partial charge in [0.15, 0.2) is 0 Å². The summed E-state index contributed by atoms with van der Waals surface area (Å²) < 4.78 is 5.49. The third kappa shape index (κ3) is 3.83. The summed E-state index contributed by atoms with van der Waals surface area (Å²) in [6.07, 6.45) is 6.20. The van der Waals surface area contributed by atoms with E-state index >= 15 is 0 Å². The van der Waals surface area contributed by atoms with Crippen LogP contribution in [0.3, 0.4) is 0 Å². The summed E-state index contributed by atoms with van der Waals surface area (Å²) in [5.74, 6) is 2.04. The van der Waals surface area contributed by atoms with E-state index in [1.807, 2.05) is 65.2 Å². The van der Waals surface area contributed by atoms with Crippen LogP contribution in [0.25, 0.3) is 6.08 Å². The molecule has 1 aromatic heterocycles. The average molecular weight is 313 g/mol. The number of carbonyl (C=O) groups excluding carboxylic acids is 1. The molecule has 0 radical (unpaired) electrons. The second-order valence-electron chi connectivity index (χ2n) is 5.23. The van der Waals surface area contributed by atoms with Crippen LogP contribution in [0.15, 0.2) is 59.2 Å². The number of benzene rings is 1. The minimum absolute atomic E-state index is 0.0875. The van der Waals surface area contributed by atoms with Crippen molar-refractivity contribution < 1.29 is 9.21 Å². The predicted molar refractivity (Wildman–Crippen MR) is 90.6 cm³/mol. The zero-order chi connectivity index (χ0) is 15.2. The van der Waals surface area contributed by atoms with Crippen LogP contribution in [-0.2, 0) is 4.79 Å². The van der Waals surface area contributed by atoms with Crippen LogP contribution in [0.2, 0.25) is 0 Å². The summed E-state index contributed by atoms with van der Waals surface area (Å²) in [4.78, 5) is 14.2. The SMILES string of the molecule is O=C(C=Cc1ccccc1)N1CCSC(c2ccco2)CC1. The molecule has 4 heteroatoms. The van der Waals surface area contributed by atoms with Crippen LogP contribution in [0.1, 0.15) is 23.0 Å². The van der Waals surface area contributed by atoms with Crippen LogP contribution in [0, 0.1) is 0 Å². The van der Waals surface area contributed by atoms with Gasteiger partial charge in [-0.3, -0.25) is 4.79 Å². The molecule has 2 aromatic rings. The van der Waals surface area contributed by atoms with Crippen molar-refractivity contribution in [3.63, 3.8) is 0 Å². The molecule has 1 aliphatic rings. The van der Waals surface area contributed by atoms with Gasteiger partial charge >= 0.3 is 0 Å². The van der Waals surface area contributed by atoms with Crippen LogP contribution < -0.4 is 0 Å². The van der Waals surface area contributed by atoms with Crippen LogP contribution >= 0.6 is 11.8 Å². The van der Waals surface area contributed by atoms with E-state index in [0.29, 0.717) is 5.25 Å². The van der Waals surface area contributed by atoms with Gasteiger partial charge in [0.05, 0.1) is 11.5 Å². The molecule has 22 heavy (non-hydrogen) atoms. The molecule has 2 heterocycles. The molecule has 0 N–H and O–H groups in total. The molecule has 1 fully saturated rings. The maximum atomic E-state index is 12.3. The maximum absolute atomic E-state index is 12.3. The van der Waals surface area contributed by atoms with Crippen molar-refractivity contribution in [1.82, 2.24) is 4.90 Å². The van der Waals surface area contributed by atoms with Crippen LogP contribution in [0.5, 0.6) is 0 Å². The van der Waals surface area contributed by atoms with Gasteiger partial charge in [0, 0.05) is 24.9 Å². The molecule has 1 aliphatic heterocycles. The Hall–Kier alpha value is -1.94. The summed E-state index contributed by atoms with van der Waals surface area (Å²) in [7, 11) is 0. The number of thioether (sulfide) groups is 1. The number of hydrogen-bond donors (Lipinski definition) is 0. The van der Waals surface area contributed by atoms with Gasteiger partial charge < -0.3 is 9.32 Å². The van der Waals surface area contributed by atoms with Gasteiger partial charge in [0.1, 0.15) is 5.76 Å². The van der Waals surface area contributed by atoms with E-state index in [1.165, 1.54) is 0 Å². The minimum atomic E-state index is 0.0875. The Kier molecular flexibility index (Phi) is 5.01. The maximum Gasteiger partial charge on any atom is 0.246 e. The quantitative estimate of drug-likeness (QED) is 0.803. The molecule has 0 saturated carbocycles. The molecule has 3 rings (SSSR count). The summed E-state index contributed by atoms with van der Waals surface area (Å²) in [5, 5.41) is 0.353. The standard InChI is InChI=1S/C18H19NO2S/c20-18(9-8-15-5-2-1-3-6-15)19-11-10-17(22-14-12-19)16-7-4-13-21-16/h1-9,13,17H,10-12,14H2. The molecule has 1 unspecified atom stereocenters. The van der Waals surface area contributed by atoms with E-state index in [1.54, 1.807) is 12.3 Å².